The second kappa shape index (κ2) is 6.55. The van der Waals surface area contributed by atoms with Gasteiger partial charge in [0.15, 0.2) is 0 Å². The molecule has 1 saturated carbocycles. The van der Waals surface area contributed by atoms with Crippen molar-refractivity contribution >= 4 is 8.10 Å². The first-order chi connectivity index (χ1) is 10.8. The van der Waals surface area contributed by atoms with Crippen LogP contribution in [0.1, 0.15) is 51.4 Å². The van der Waals surface area contributed by atoms with E-state index >= 15 is 0 Å². The summed E-state index contributed by atoms with van der Waals surface area (Å²) in [5.41, 5.74) is 0. The van der Waals surface area contributed by atoms with Crippen molar-refractivity contribution in [1.29, 1.82) is 0 Å². The number of hydrogen-bond donors (Lipinski definition) is 0. The van der Waals surface area contributed by atoms with Gasteiger partial charge in [-0.1, -0.05) is 46.5 Å². The number of allylic oxidation sites excluding steroid dienone is 2. The average molecular weight is 319 g/mol. The molecular formula is C18H28N2OP+. The predicted molar refractivity (Wildman–Crippen MR) is 90.8 cm³/mol. The lowest BCUT2D eigenvalue weighted by molar-refractivity contribution is 0.190. The largest absolute Gasteiger partial charge is 0.538 e. The van der Waals surface area contributed by atoms with Gasteiger partial charge in [-0.25, -0.2) is 0 Å². The fourth-order valence-electron chi connectivity index (χ4n) is 4.77. The highest BCUT2D eigenvalue weighted by Crippen LogP contribution is 2.51. The summed E-state index contributed by atoms with van der Waals surface area (Å²) in [5, 5.41) is 0. The smallest absolute Gasteiger partial charge is 0.0882 e. The molecule has 0 aromatic carbocycles. The number of nitrogens with zero attached hydrogens (tertiary/aromatic N) is 2. The maximum atomic E-state index is 13.2. The maximum Gasteiger partial charge on any atom is 0.538 e. The Morgan fingerprint density at radius 1 is 0.818 bits per heavy atom. The minimum Gasteiger partial charge on any atom is -0.0882 e. The third-order valence-electron chi connectivity index (χ3n) is 5.97. The molecule has 4 rings (SSSR count). The summed E-state index contributed by atoms with van der Waals surface area (Å²) < 4.78 is 18.0. The van der Waals surface area contributed by atoms with Crippen LogP contribution in [0.15, 0.2) is 24.3 Å². The number of hydrogen-bond acceptors (Lipinski definition) is 1. The Hall–Kier alpha value is -0.500. The van der Waals surface area contributed by atoms with E-state index in [0.29, 0.717) is 23.9 Å². The summed E-state index contributed by atoms with van der Waals surface area (Å²) in [4.78, 5) is 0. The second-order valence-electron chi connectivity index (χ2n) is 7.45. The topological polar surface area (TPSA) is 23.6 Å². The molecule has 1 heterocycles. The number of fused-ring (bicyclic) bond motifs is 1. The Morgan fingerprint density at radius 2 is 1.32 bits per heavy atom. The molecule has 0 amide bonds. The first-order valence-electron chi connectivity index (χ1n) is 9.16. The van der Waals surface area contributed by atoms with E-state index < -0.39 is 8.10 Å². The van der Waals surface area contributed by atoms with Gasteiger partial charge in [0, 0.05) is 0 Å². The Balaban J connectivity index is 1.49. The standard InChI is InChI=1S/C18H28N2OP/c21-22-19(13-15-7-1-2-8-15)17-11-5-6-12-18(17)20(22)14-16-9-3-4-10-16/h1,3,7,9,15-18H,2,4-6,8,10-14H2/q+1/t15?,16?,17-,18-/m1/s1. The highest BCUT2D eigenvalue weighted by atomic mass is 31.1. The van der Waals surface area contributed by atoms with Gasteiger partial charge in [-0.3, -0.25) is 0 Å². The van der Waals surface area contributed by atoms with Crippen molar-refractivity contribution in [2.24, 2.45) is 11.8 Å². The lowest BCUT2D eigenvalue weighted by Crippen LogP contribution is -2.41. The Labute approximate surface area is 135 Å². The van der Waals surface area contributed by atoms with E-state index in [1.165, 1.54) is 51.4 Å². The second-order valence-corrected chi connectivity index (χ2v) is 8.98. The minimum atomic E-state index is -1.33. The van der Waals surface area contributed by atoms with E-state index in [0.717, 1.165) is 13.1 Å². The molecule has 2 unspecified atom stereocenters. The summed E-state index contributed by atoms with van der Waals surface area (Å²) in [6.07, 6.45) is 19.4. The zero-order valence-electron chi connectivity index (χ0n) is 13.4. The lowest BCUT2D eigenvalue weighted by atomic mass is 9.89. The van der Waals surface area contributed by atoms with E-state index in [2.05, 4.69) is 33.6 Å². The highest BCUT2D eigenvalue weighted by Gasteiger charge is 2.57. The summed E-state index contributed by atoms with van der Waals surface area (Å²) in [7, 11) is -1.33. The van der Waals surface area contributed by atoms with E-state index in [1.54, 1.807) is 0 Å². The molecule has 22 heavy (non-hydrogen) atoms. The zero-order valence-corrected chi connectivity index (χ0v) is 14.3. The quantitative estimate of drug-likeness (QED) is 0.563. The molecule has 4 aliphatic rings. The van der Waals surface area contributed by atoms with Crippen LogP contribution in [0.5, 0.6) is 0 Å². The molecule has 0 spiro atoms. The summed E-state index contributed by atoms with van der Waals surface area (Å²) in [6, 6.07) is 1.11. The average Bonchev–Trinajstić information content (AvgIpc) is 3.27. The van der Waals surface area contributed by atoms with Gasteiger partial charge in [-0.15, -0.1) is 0 Å². The SMILES string of the molecule is O=[P+]1N(CC2C=CCC2)[C@@H]2CCCC[C@H]2N1CC1C=CCC1. The normalized spacial score (nSPS) is 40.6. The maximum absolute atomic E-state index is 13.2. The van der Waals surface area contributed by atoms with Crippen molar-refractivity contribution in [2.75, 3.05) is 13.1 Å². The molecule has 4 atom stereocenters. The van der Waals surface area contributed by atoms with E-state index in [1.807, 2.05) is 0 Å². The summed E-state index contributed by atoms with van der Waals surface area (Å²) >= 11 is 0. The zero-order chi connectivity index (χ0) is 14.9. The Morgan fingerprint density at radius 3 is 1.73 bits per heavy atom. The van der Waals surface area contributed by atoms with Crippen LogP contribution in [0, 0.1) is 11.8 Å². The molecule has 4 heteroatoms. The van der Waals surface area contributed by atoms with Crippen LogP contribution in [0.4, 0.5) is 0 Å². The molecule has 3 aliphatic carbocycles. The van der Waals surface area contributed by atoms with Crippen LogP contribution >= 0.6 is 8.10 Å². The fraction of sp³-hybridized carbons (Fsp3) is 0.778. The van der Waals surface area contributed by atoms with Gasteiger partial charge >= 0.3 is 8.10 Å². The number of rotatable bonds is 4. The molecule has 0 aromatic rings. The Bertz CT molecular complexity index is 447. The van der Waals surface area contributed by atoms with Gasteiger partial charge in [-0.05, 0) is 54.9 Å². The van der Waals surface area contributed by atoms with Crippen molar-refractivity contribution in [2.45, 2.75) is 63.5 Å². The highest BCUT2D eigenvalue weighted by molar-refractivity contribution is 7.39. The Kier molecular flexibility index (Phi) is 4.48. The molecule has 1 aliphatic heterocycles. The van der Waals surface area contributed by atoms with Crippen molar-refractivity contribution in [1.82, 2.24) is 9.34 Å². The van der Waals surface area contributed by atoms with Crippen molar-refractivity contribution in [3.8, 4) is 0 Å². The van der Waals surface area contributed by atoms with Crippen LogP contribution in [0.3, 0.4) is 0 Å². The molecule has 1 saturated heterocycles. The predicted octanol–water partition coefficient (Wildman–Crippen LogP) is 4.51. The lowest BCUT2D eigenvalue weighted by Gasteiger charge is -2.27. The third-order valence-corrected chi connectivity index (χ3v) is 7.77. The minimum absolute atomic E-state index is 0.553. The van der Waals surface area contributed by atoms with E-state index in [9.17, 15) is 4.57 Å². The summed E-state index contributed by atoms with van der Waals surface area (Å²) in [5.74, 6) is 1.26. The van der Waals surface area contributed by atoms with Gasteiger partial charge in [0.25, 0.3) is 0 Å². The monoisotopic (exact) mass is 319 g/mol. The van der Waals surface area contributed by atoms with Crippen molar-refractivity contribution in [3.63, 3.8) is 0 Å². The molecule has 0 radical (unpaired) electrons. The van der Waals surface area contributed by atoms with Gasteiger partial charge < -0.3 is 0 Å². The first-order valence-corrected chi connectivity index (χ1v) is 10.3. The van der Waals surface area contributed by atoms with Crippen LogP contribution in [-0.4, -0.2) is 34.5 Å². The van der Waals surface area contributed by atoms with Crippen LogP contribution in [0.2, 0.25) is 0 Å². The molecule has 120 valence electrons. The van der Waals surface area contributed by atoms with E-state index in [-0.39, 0.29) is 0 Å². The van der Waals surface area contributed by atoms with Crippen molar-refractivity contribution in [3.05, 3.63) is 24.3 Å². The van der Waals surface area contributed by atoms with Gasteiger partial charge in [0.05, 0.1) is 25.2 Å². The van der Waals surface area contributed by atoms with Gasteiger partial charge in [0.2, 0.25) is 0 Å². The molecule has 0 N–H and O–H groups in total. The van der Waals surface area contributed by atoms with Crippen LogP contribution in [0.25, 0.3) is 0 Å². The molecule has 2 fully saturated rings. The molecule has 0 bridgehead atoms. The molecule has 0 aromatic heterocycles. The summed E-state index contributed by atoms with van der Waals surface area (Å²) in [6.45, 7) is 2.04. The molecule has 3 nitrogen and oxygen atoms in total. The molecular weight excluding hydrogens is 291 g/mol. The van der Waals surface area contributed by atoms with E-state index in [4.69, 9.17) is 0 Å². The fourth-order valence-corrected chi connectivity index (χ4v) is 6.81. The van der Waals surface area contributed by atoms with Crippen molar-refractivity contribution < 1.29 is 4.57 Å². The van der Waals surface area contributed by atoms with Gasteiger partial charge in [0.1, 0.15) is 0 Å². The first kappa shape index (κ1) is 15.1. The van der Waals surface area contributed by atoms with Crippen LogP contribution in [-0.2, 0) is 4.57 Å². The van der Waals surface area contributed by atoms with Gasteiger partial charge in [-0.2, -0.15) is 0 Å². The third kappa shape index (κ3) is 2.84. The van der Waals surface area contributed by atoms with Crippen LogP contribution < -0.4 is 0 Å².